The first kappa shape index (κ1) is 12.1. The quantitative estimate of drug-likeness (QED) is 0.911. The Morgan fingerprint density at radius 1 is 1.42 bits per heavy atom. The van der Waals surface area contributed by atoms with E-state index in [9.17, 15) is 14.0 Å². The molecule has 3 rings (SSSR count). The highest BCUT2D eigenvalue weighted by molar-refractivity contribution is 5.75. The summed E-state index contributed by atoms with van der Waals surface area (Å²) in [5.74, 6) is 0.569. The van der Waals surface area contributed by atoms with Gasteiger partial charge in [-0.3, -0.25) is 4.79 Å². The van der Waals surface area contributed by atoms with E-state index in [1.54, 1.807) is 0 Å². The van der Waals surface area contributed by atoms with Crippen LogP contribution in [0.15, 0.2) is 20.1 Å². The summed E-state index contributed by atoms with van der Waals surface area (Å²) >= 11 is 0. The molecule has 0 amide bonds. The van der Waals surface area contributed by atoms with E-state index in [-0.39, 0.29) is 16.9 Å². The lowest BCUT2D eigenvalue weighted by molar-refractivity contribution is 0.460. The Hall–Kier alpha value is -1.98. The Morgan fingerprint density at radius 3 is 2.89 bits per heavy atom. The highest BCUT2D eigenvalue weighted by Crippen LogP contribution is 2.33. The van der Waals surface area contributed by atoms with Gasteiger partial charge in [-0.05, 0) is 24.3 Å². The summed E-state index contributed by atoms with van der Waals surface area (Å²) in [5, 5.41) is 0.262. The predicted molar refractivity (Wildman–Crippen MR) is 66.8 cm³/mol. The van der Waals surface area contributed by atoms with Crippen molar-refractivity contribution < 1.29 is 8.81 Å². The summed E-state index contributed by atoms with van der Waals surface area (Å²) in [6, 6.07) is 1.33. The molecule has 0 unspecified atom stereocenters. The second-order valence-electron chi connectivity index (χ2n) is 4.90. The molecule has 0 spiro atoms. The summed E-state index contributed by atoms with van der Waals surface area (Å²) < 4.78 is 17.4. The molecular weight excluding hydrogens is 251 g/mol. The fourth-order valence-electron chi connectivity index (χ4n) is 2.22. The van der Waals surface area contributed by atoms with Gasteiger partial charge in [0.2, 0.25) is 5.71 Å². The average molecular weight is 264 g/mol. The fourth-order valence-corrected chi connectivity index (χ4v) is 2.22. The van der Waals surface area contributed by atoms with Crippen molar-refractivity contribution in [3.63, 3.8) is 0 Å². The monoisotopic (exact) mass is 264 g/mol. The fraction of sp³-hybridized carbons (Fsp3) is 0.462. The molecule has 0 saturated heterocycles. The smallest absolute Gasteiger partial charge is 0.337 e. The van der Waals surface area contributed by atoms with Gasteiger partial charge in [0.05, 0.1) is 0 Å². The molecule has 0 aromatic carbocycles. The topological polar surface area (TPSA) is 76.0 Å². The molecule has 5 nitrogen and oxygen atoms in total. The van der Waals surface area contributed by atoms with Crippen molar-refractivity contribution in [2.75, 3.05) is 0 Å². The van der Waals surface area contributed by atoms with Crippen molar-refractivity contribution in [1.82, 2.24) is 9.97 Å². The predicted octanol–water partition coefficient (Wildman–Crippen LogP) is 1.69. The van der Waals surface area contributed by atoms with Crippen LogP contribution in [0.1, 0.15) is 30.7 Å². The van der Waals surface area contributed by atoms with Crippen molar-refractivity contribution in [2.24, 2.45) is 5.92 Å². The second kappa shape index (κ2) is 4.60. The molecule has 1 saturated carbocycles. The van der Waals surface area contributed by atoms with Gasteiger partial charge in [-0.1, -0.05) is 12.8 Å². The van der Waals surface area contributed by atoms with Gasteiger partial charge in [0, 0.05) is 6.07 Å². The van der Waals surface area contributed by atoms with Gasteiger partial charge < -0.3 is 9.40 Å². The van der Waals surface area contributed by atoms with Gasteiger partial charge in [-0.25, -0.2) is 9.18 Å². The molecule has 2 aromatic heterocycles. The van der Waals surface area contributed by atoms with Crippen LogP contribution < -0.4 is 11.2 Å². The third kappa shape index (κ3) is 2.43. The maximum absolute atomic E-state index is 12.5. The number of aromatic nitrogens is 2. The van der Waals surface area contributed by atoms with Gasteiger partial charge >= 0.3 is 5.63 Å². The Morgan fingerprint density at radius 2 is 2.21 bits per heavy atom. The van der Waals surface area contributed by atoms with Gasteiger partial charge in [0.15, 0.2) is 0 Å². The first-order valence-corrected chi connectivity index (χ1v) is 6.29. The van der Waals surface area contributed by atoms with E-state index >= 15 is 0 Å². The van der Waals surface area contributed by atoms with E-state index in [0.717, 1.165) is 6.42 Å². The van der Waals surface area contributed by atoms with Crippen molar-refractivity contribution in [2.45, 2.75) is 32.4 Å². The van der Waals surface area contributed by atoms with Gasteiger partial charge in [-0.15, -0.1) is 0 Å². The Balaban J connectivity index is 2.13. The minimum atomic E-state index is -0.902. The molecule has 1 N–H and O–H groups in total. The number of nitrogens with zero attached hydrogens (tertiary/aromatic N) is 1. The Bertz CT molecular complexity index is 731. The minimum absolute atomic E-state index is 0.0744. The molecule has 100 valence electrons. The molecule has 2 aromatic rings. The molecule has 1 fully saturated rings. The Kier molecular flexibility index (Phi) is 2.93. The van der Waals surface area contributed by atoms with Crippen LogP contribution in [-0.2, 0) is 13.1 Å². The molecule has 19 heavy (non-hydrogen) atoms. The van der Waals surface area contributed by atoms with Crippen molar-refractivity contribution in [1.29, 1.82) is 0 Å². The van der Waals surface area contributed by atoms with E-state index in [1.165, 1.54) is 18.9 Å². The summed E-state index contributed by atoms with van der Waals surface area (Å²) in [6.45, 7) is -0.902. The van der Waals surface area contributed by atoms with Crippen molar-refractivity contribution in [3.8, 4) is 0 Å². The lowest BCUT2D eigenvalue weighted by Crippen LogP contribution is -2.15. The van der Waals surface area contributed by atoms with Crippen LogP contribution in [0.3, 0.4) is 0 Å². The largest absolute Gasteiger partial charge is 0.403 e. The van der Waals surface area contributed by atoms with E-state index in [4.69, 9.17) is 4.42 Å². The van der Waals surface area contributed by atoms with E-state index in [1.807, 2.05) is 0 Å². The zero-order chi connectivity index (χ0) is 13.4. The Labute approximate surface area is 107 Å². The number of hydrogen-bond acceptors (Lipinski definition) is 4. The molecule has 0 bridgehead atoms. The van der Waals surface area contributed by atoms with Crippen LogP contribution in [0.4, 0.5) is 4.39 Å². The molecule has 2 heterocycles. The molecule has 1 aliphatic rings. The number of rotatable bonds is 4. The van der Waals surface area contributed by atoms with Crippen LogP contribution in [0.25, 0.3) is 11.1 Å². The highest BCUT2D eigenvalue weighted by Gasteiger charge is 2.22. The van der Waals surface area contributed by atoms with Crippen molar-refractivity contribution in [3.05, 3.63) is 38.2 Å². The number of aryl methyl sites for hydroxylation is 1. The zero-order valence-electron chi connectivity index (χ0n) is 10.2. The summed E-state index contributed by atoms with van der Waals surface area (Å²) in [4.78, 5) is 29.6. The summed E-state index contributed by atoms with van der Waals surface area (Å²) in [5.41, 5.74) is -0.444. The second-order valence-corrected chi connectivity index (χ2v) is 4.90. The normalized spacial score (nSPS) is 15.0. The molecule has 6 heteroatoms. The lowest BCUT2D eigenvalue weighted by atomic mass is 10.1. The van der Waals surface area contributed by atoms with Gasteiger partial charge in [0.1, 0.15) is 17.9 Å². The number of H-pyrrole nitrogens is 1. The van der Waals surface area contributed by atoms with Crippen LogP contribution in [0, 0.1) is 5.92 Å². The van der Waals surface area contributed by atoms with E-state index in [0.29, 0.717) is 17.9 Å². The SMILES string of the molecule is O=c1cc(CCC2CC2)c2c(=O)[nH]c(CF)nc2o1. The molecule has 0 aliphatic heterocycles. The maximum Gasteiger partial charge on any atom is 0.337 e. The summed E-state index contributed by atoms with van der Waals surface area (Å²) in [7, 11) is 0. The first-order chi connectivity index (χ1) is 9.17. The lowest BCUT2D eigenvalue weighted by Gasteiger charge is -2.04. The number of alkyl halides is 1. The van der Waals surface area contributed by atoms with Gasteiger partial charge in [0.25, 0.3) is 5.56 Å². The standard InChI is InChI=1S/C13H13FN2O3/c14-6-9-15-12(18)11-8(4-3-7-1-2-7)5-10(17)19-13(11)16-9/h5,7H,1-4,6H2,(H,15,16,18). The van der Waals surface area contributed by atoms with Crippen LogP contribution in [0.5, 0.6) is 0 Å². The van der Waals surface area contributed by atoms with Crippen LogP contribution in [-0.4, -0.2) is 9.97 Å². The number of fused-ring (bicyclic) bond motifs is 1. The third-order valence-electron chi connectivity index (χ3n) is 3.39. The van der Waals surface area contributed by atoms with E-state index in [2.05, 4.69) is 9.97 Å². The molecule has 0 atom stereocenters. The number of nitrogens with one attached hydrogen (secondary N) is 1. The van der Waals surface area contributed by atoms with Gasteiger partial charge in [-0.2, -0.15) is 4.98 Å². The number of aromatic amines is 1. The molecule has 1 aliphatic carbocycles. The van der Waals surface area contributed by atoms with Crippen LogP contribution >= 0.6 is 0 Å². The molecule has 0 radical (unpaired) electrons. The highest BCUT2D eigenvalue weighted by atomic mass is 19.1. The average Bonchev–Trinajstić information content (AvgIpc) is 3.18. The maximum atomic E-state index is 12.5. The zero-order valence-corrected chi connectivity index (χ0v) is 10.2. The van der Waals surface area contributed by atoms with Crippen LogP contribution in [0.2, 0.25) is 0 Å². The summed E-state index contributed by atoms with van der Waals surface area (Å²) in [6.07, 6.45) is 4.01. The molecular formula is C13H13FN2O3. The van der Waals surface area contributed by atoms with E-state index < -0.39 is 17.9 Å². The third-order valence-corrected chi connectivity index (χ3v) is 3.39. The number of halogens is 1. The van der Waals surface area contributed by atoms with Crippen molar-refractivity contribution >= 4 is 11.1 Å². The number of hydrogen-bond donors (Lipinski definition) is 1. The minimum Gasteiger partial charge on any atom is -0.403 e. The first-order valence-electron chi connectivity index (χ1n) is 6.29.